The zero-order valence-electron chi connectivity index (χ0n) is 71.9. The number of likely N-dealkylation sites (tertiary alicyclic amines) is 1. The highest BCUT2D eigenvalue weighted by atomic mass is 35.5. The van der Waals surface area contributed by atoms with E-state index < -0.39 is 11.5 Å². The highest BCUT2D eigenvalue weighted by Crippen LogP contribution is 2.44. The maximum atomic E-state index is 12.5. The first-order valence-electron chi connectivity index (χ1n) is 44.8. The molecule has 0 bridgehead atoms. The van der Waals surface area contributed by atoms with Gasteiger partial charge in [0.1, 0.15) is 104 Å². The second-order valence-corrected chi connectivity index (χ2v) is 35.6. The fourth-order valence-corrected chi connectivity index (χ4v) is 19.0. The predicted molar refractivity (Wildman–Crippen MR) is 480 cm³/mol. The van der Waals surface area contributed by atoms with E-state index in [0.717, 1.165) is 190 Å². The molecule has 4 aliphatic carbocycles. The molecule has 0 radical (unpaired) electrons. The van der Waals surface area contributed by atoms with Crippen LogP contribution in [-0.4, -0.2) is 156 Å². The number of hydrogen-bond donors (Lipinski definition) is 3. The van der Waals surface area contributed by atoms with Crippen LogP contribution in [-0.2, 0) is 43.1 Å². The van der Waals surface area contributed by atoms with E-state index in [1.165, 1.54) is 38.5 Å². The molecule has 12 aromatic rings. The standard InChI is InChI=1S/C30H36N2O6.2C25H28N2O4.C19H18N2O4.ClH/c1-30(2,3)37-29(35)32-14-12-19(13-15-32)5-4-16-36-22-8-10-23-20(17-22)6-11-26-27(23)28(31-38-26)24-9-7-21(33)18-25(24)34;2*28-18-4-6-21(22(29)15-18)25-24-20-7-5-19(14-17(20)3-8-23(24)31-27-25)30-13-1-2-16-9-11-26-12-10-16;20-7-8-24-13-3-5-14-11(9-13)1-6-17-18(14)19(21-25-17)15-4-2-12(22)10-16(15)23;/h6,8,10-11,17,19,24H,4-5,7,9,12-16,18H2,1-3H3;2*3,5,7-8,14,16,21,26H,1-2,4,6,9-13,15H2;1,3,5-6,9,15H,2,4,7-8,10,20H2;1H. The quantitative estimate of drug-likeness (QED) is 0.0419. The molecule has 7 heterocycles. The number of halogens is 1. The largest absolute Gasteiger partial charge is 0.494 e. The fraction of sp³-hybridized carbons (Fsp3) is 0.465. The van der Waals surface area contributed by atoms with Gasteiger partial charge in [-0.2, -0.15) is 0 Å². The minimum absolute atomic E-state index is 0. The third-order valence-electron chi connectivity index (χ3n) is 25.7. The van der Waals surface area contributed by atoms with Crippen molar-refractivity contribution in [3.05, 3.63) is 144 Å². The first kappa shape index (κ1) is 89.5. The van der Waals surface area contributed by atoms with Gasteiger partial charge in [0.05, 0.1) is 90.7 Å². The molecule has 7 fully saturated rings. The molecule has 7 aliphatic rings. The van der Waals surface area contributed by atoms with Gasteiger partial charge in [-0.3, -0.25) is 38.4 Å². The van der Waals surface area contributed by atoms with Gasteiger partial charge in [-0.05, 0) is 308 Å². The van der Waals surface area contributed by atoms with E-state index in [1.54, 1.807) is 0 Å². The highest BCUT2D eigenvalue weighted by molar-refractivity contribution is 6.15. The Bertz CT molecular complexity index is 5820. The minimum Gasteiger partial charge on any atom is -0.494 e. The molecule has 662 valence electrons. The van der Waals surface area contributed by atoms with Crippen LogP contribution in [0.2, 0.25) is 0 Å². The predicted octanol–water partition coefficient (Wildman–Crippen LogP) is 18.4. The van der Waals surface area contributed by atoms with Crippen LogP contribution in [0.3, 0.4) is 0 Å². The summed E-state index contributed by atoms with van der Waals surface area (Å²) in [5.74, 6) is 3.73. The van der Waals surface area contributed by atoms with Crippen molar-refractivity contribution in [3.63, 3.8) is 0 Å². The molecule has 126 heavy (non-hydrogen) atoms. The van der Waals surface area contributed by atoms with E-state index >= 15 is 0 Å². The van der Waals surface area contributed by atoms with Gasteiger partial charge < -0.3 is 63.0 Å². The summed E-state index contributed by atoms with van der Waals surface area (Å²) in [4.78, 5) is 110. The number of rotatable bonds is 22. The SMILES string of the molecule is CC(C)(C)OC(=O)N1CCC(CCCOc2ccc3c(ccc4onc(C5CCC(=O)CC5=O)c43)c2)CC1.Cl.NCCOc1ccc2c(ccc3onc(C4CCC(=O)CC4=O)c32)c1.O=C1CCC(c2noc3ccc4cc(OCCCC5CCNCC5)ccc4c23)C(=O)C1.O=C1CCC(c2noc3ccc4cc(OCCCC5CCNCC5)ccc4c23)C(=O)C1. The van der Waals surface area contributed by atoms with Gasteiger partial charge in [0.25, 0.3) is 0 Å². The number of Topliss-reactive ketones (excluding diaryl/α,β-unsaturated/α-hetero) is 8. The number of nitrogens with zero attached hydrogens (tertiary/aromatic N) is 5. The zero-order valence-corrected chi connectivity index (χ0v) is 72.7. The number of ketones is 8. The van der Waals surface area contributed by atoms with E-state index in [2.05, 4.69) is 31.3 Å². The molecule has 4 aromatic heterocycles. The van der Waals surface area contributed by atoms with Crippen LogP contribution in [0.1, 0.15) is 221 Å². The fourth-order valence-electron chi connectivity index (χ4n) is 19.0. The maximum absolute atomic E-state index is 12.5. The number of amides is 1. The number of piperidine rings is 3. The Kier molecular flexibility index (Phi) is 29.1. The molecule has 4 unspecified atom stereocenters. The lowest BCUT2D eigenvalue weighted by Crippen LogP contribution is -2.41. The van der Waals surface area contributed by atoms with E-state index in [4.69, 9.17) is 47.5 Å². The van der Waals surface area contributed by atoms with Crippen LogP contribution in [0.25, 0.3) is 87.0 Å². The van der Waals surface area contributed by atoms with E-state index in [9.17, 15) is 43.2 Å². The van der Waals surface area contributed by atoms with Gasteiger partial charge in [-0.1, -0.05) is 44.9 Å². The summed E-state index contributed by atoms with van der Waals surface area (Å²) < 4.78 is 51.2. The topological polar surface area (TPSA) is 357 Å². The lowest BCUT2D eigenvalue weighted by Gasteiger charge is -2.33. The lowest BCUT2D eigenvalue weighted by molar-refractivity contribution is -0.132. The summed E-state index contributed by atoms with van der Waals surface area (Å²) in [5, 5.41) is 35.1. The first-order valence-corrected chi connectivity index (χ1v) is 44.8. The monoisotopic (exact) mass is 1730 g/mol. The van der Waals surface area contributed by atoms with Crippen molar-refractivity contribution in [2.45, 2.75) is 204 Å². The molecule has 3 saturated heterocycles. The highest BCUT2D eigenvalue weighted by Gasteiger charge is 2.38. The maximum Gasteiger partial charge on any atom is 0.410 e. The van der Waals surface area contributed by atoms with E-state index in [0.29, 0.717) is 122 Å². The molecule has 3 aliphatic heterocycles. The van der Waals surface area contributed by atoms with E-state index in [-0.39, 0.29) is 108 Å². The zero-order chi connectivity index (χ0) is 86.7. The normalized spacial score (nSPS) is 19.6. The Hall–Kier alpha value is -11.3. The number of carbonyl (C=O) groups is 9. The number of fused-ring (bicyclic) bond motifs is 12. The van der Waals surface area contributed by atoms with Crippen LogP contribution in [0.4, 0.5) is 4.79 Å². The van der Waals surface area contributed by atoms with Gasteiger partial charge in [0.15, 0.2) is 22.3 Å². The number of aromatic nitrogens is 4. The third-order valence-corrected chi connectivity index (χ3v) is 25.7. The molecular formula is C99H111ClN8O18. The van der Waals surface area contributed by atoms with Crippen molar-refractivity contribution in [1.29, 1.82) is 0 Å². The summed E-state index contributed by atoms with van der Waals surface area (Å²) in [5.41, 5.74) is 10.2. The van der Waals surface area contributed by atoms with Crippen LogP contribution in [0.15, 0.2) is 139 Å². The molecule has 1 amide bonds. The van der Waals surface area contributed by atoms with Gasteiger partial charge >= 0.3 is 6.09 Å². The number of carbonyl (C=O) groups excluding carboxylic acids is 9. The number of nitrogens with two attached hydrogens (primary N) is 1. The molecule has 8 aromatic carbocycles. The van der Waals surface area contributed by atoms with Crippen molar-refractivity contribution >= 4 is 152 Å². The average molecular weight is 1740 g/mol. The summed E-state index contributed by atoms with van der Waals surface area (Å²) in [6, 6.07) is 39.3. The van der Waals surface area contributed by atoms with Crippen molar-refractivity contribution < 1.29 is 84.9 Å². The average Bonchev–Trinajstić information content (AvgIpc) is 1.60. The van der Waals surface area contributed by atoms with Gasteiger partial charge in [0.2, 0.25) is 0 Å². The Morgan fingerprint density at radius 2 is 0.667 bits per heavy atom. The van der Waals surface area contributed by atoms with Crippen LogP contribution in [0, 0.1) is 17.8 Å². The van der Waals surface area contributed by atoms with Crippen molar-refractivity contribution in [3.8, 4) is 23.0 Å². The third kappa shape index (κ3) is 21.3. The Balaban J connectivity index is 0.000000130. The lowest BCUT2D eigenvalue weighted by atomic mass is 9.83. The second kappa shape index (κ2) is 41.0. The number of nitrogens with one attached hydrogen (secondary N) is 2. The molecule has 4 N–H and O–H groups in total. The molecule has 4 saturated carbocycles. The molecule has 0 spiro atoms. The van der Waals surface area contributed by atoms with Crippen molar-refractivity contribution in [2.75, 3.05) is 72.2 Å². The summed E-state index contributed by atoms with van der Waals surface area (Å²) >= 11 is 0. The summed E-state index contributed by atoms with van der Waals surface area (Å²) in [6.45, 7) is 14.7. The van der Waals surface area contributed by atoms with Gasteiger partial charge in [-0.25, -0.2) is 4.79 Å². The first-order chi connectivity index (χ1) is 60.7. The Morgan fingerprint density at radius 1 is 0.389 bits per heavy atom. The number of hydrogen-bond acceptors (Lipinski definition) is 25. The van der Waals surface area contributed by atoms with Crippen molar-refractivity contribution in [2.24, 2.45) is 23.5 Å². The van der Waals surface area contributed by atoms with Gasteiger partial charge in [-0.15, -0.1) is 12.4 Å². The minimum atomic E-state index is -0.464. The second-order valence-electron chi connectivity index (χ2n) is 35.6. The molecule has 26 nitrogen and oxygen atoms in total. The van der Waals surface area contributed by atoms with Gasteiger partial charge in [0, 0.05) is 45.3 Å². The molecule has 27 heteroatoms. The summed E-state index contributed by atoms with van der Waals surface area (Å²) in [6.07, 6.45) is 17.0. The van der Waals surface area contributed by atoms with E-state index in [1.807, 2.05) is 147 Å². The molecule has 4 atom stereocenters. The Labute approximate surface area is 735 Å². The number of ether oxygens (including phenoxy) is 5. The smallest absolute Gasteiger partial charge is 0.410 e. The van der Waals surface area contributed by atoms with Crippen LogP contribution < -0.4 is 35.3 Å². The van der Waals surface area contributed by atoms with Crippen molar-refractivity contribution in [1.82, 2.24) is 36.2 Å². The Morgan fingerprint density at radius 3 is 0.937 bits per heavy atom. The number of benzene rings is 8. The summed E-state index contributed by atoms with van der Waals surface area (Å²) in [7, 11) is 0. The van der Waals surface area contributed by atoms with Crippen LogP contribution in [0.5, 0.6) is 23.0 Å². The molecular weight excluding hydrogens is 1620 g/mol. The molecule has 19 rings (SSSR count). The van der Waals surface area contributed by atoms with Crippen LogP contribution >= 0.6 is 12.4 Å².